The standard InChI is InChI=1S/C18H19N/c1-2-14-19-15-13-18(16-9-5-3-6-10-16)17-11-7-4-8-12-17/h2-13,19H,1,14-15H2. The molecule has 0 heterocycles. The lowest BCUT2D eigenvalue weighted by Gasteiger charge is -2.09. The molecule has 96 valence electrons. The lowest BCUT2D eigenvalue weighted by atomic mass is 9.98. The molecular weight excluding hydrogens is 230 g/mol. The van der Waals surface area contributed by atoms with Crippen molar-refractivity contribution in [3.8, 4) is 0 Å². The second-order valence-electron chi connectivity index (χ2n) is 4.30. The lowest BCUT2D eigenvalue weighted by Crippen LogP contribution is -2.13. The fourth-order valence-corrected chi connectivity index (χ4v) is 2.00. The van der Waals surface area contributed by atoms with E-state index >= 15 is 0 Å². The lowest BCUT2D eigenvalue weighted by molar-refractivity contribution is 0.845. The summed E-state index contributed by atoms with van der Waals surface area (Å²) in [5, 5.41) is 3.31. The van der Waals surface area contributed by atoms with Crippen molar-refractivity contribution in [1.29, 1.82) is 0 Å². The number of nitrogens with one attached hydrogen (secondary N) is 1. The maximum absolute atomic E-state index is 3.71. The third kappa shape index (κ3) is 3.94. The van der Waals surface area contributed by atoms with Crippen LogP contribution in [0.2, 0.25) is 0 Å². The Morgan fingerprint density at radius 2 is 1.37 bits per heavy atom. The van der Waals surface area contributed by atoms with Crippen molar-refractivity contribution in [3.05, 3.63) is 90.5 Å². The highest BCUT2D eigenvalue weighted by atomic mass is 14.8. The minimum Gasteiger partial charge on any atom is -0.310 e. The first-order valence-electron chi connectivity index (χ1n) is 6.54. The van der Waals surface area contributed by atoms with Crippen LogP contribution >= 0.6 is 0 Å². The average Bonchev–Trinajstić information content (AvgIpc) is 2.49. The van der Waals surface area contributed by atoms with E-state index in [2.05, 4.69) is 66.5 Å². The average molecular weight is 249 g/mol. The van der Waals surface area contributed by atoms with Gasteiger partial charge in [-0.1, -0.05) is 72.8 Å². The summed E-state index contributed by atoms with van der Waals surface area (Å²) in [7, 11) is 0. The summed E-state index contributed by atoms with van der Waals surface area (Å²) in [6.07, 6.45) is 4.10. The first kappa shape index (κ1) is 13.3. The van der Waals surface area contributed by atoms with E-state index < -0.39 is 0 Å². The van der Waals surface area contributed by atoms with Gasteiger partial charge in [-0.25, -0.2) is 0 Å². The van der Waals surface area contributed by atoms with Crippen LogP contribution in [-0.4, -0.2) is 13.1 Å². The van der Waals surface area contributed by atoms with Crippen LogP contribution in [0.5, 0.6) is 0 Å². The zero-order chi connectivity index (χ0) is 13.3. The van der Waals surface area contributed by atoms with Crippen LogP contribution in [-0.2, 0) is 0 Å². The molecule has 0 aliphatic rings. The van der Waals surface area contributed by atoms with Crippen LogP contribution in [0.15, 0.2) is 79.4 Å². The second kappa shape index (κ2) is 7.34. The number of hydrogen-bond donors (Lipinski definition) is 1. The highest BCUT2D eigenvalue weighted by molar-refractivity contribution is 5.79. The fraction of sp³-hybridized carbons (Fsp3) is 0.111. The molecule has 0 spiro atoms. The molecule has 0 unspecified atom stereocenters. The van der Waals surface area contributed by atoms with Crippen LogP contribution in [0.4, 0.5) is 0 Å². The maximum atomic E-state index is 3.71. The first-order valence-corrected chi connectivity index (χ1v) is 6.54. The Kier molecular flexibility index (Phi) is 5.15. The minimum atomic E-state index is 0.827. The second-order valence-corrected chi connectivity index (χ2v) is 4.30. The summed E-state index contributed by atoms with van der Waals surface area (Å²) in [5.41, 5.74) is 3.75. The Balaban J connectivity index is 2.26. The van der Waals surface area contributed by atoms with Crippen molar-refractivity contribution < 1.29 is 0 Å². The number of hydrogen-bond acceptors (Lipinski definition) is 1. The van der Waals surface area contributed by atoms with E-state index in [4.69, 9.17) is 0 Å². The van der Waals surface area contributed by atoms with Crippen LogP contribution in [0.1, 0.15) is 11.1 Å². The highest BCUT2D eigenvalue weighted by Crippen LogP contribution is 2.22. The van der Waals surface area contributed by atoms with E-state index in [1.165, 1.54) is 16.7 Å². The zero-order valence-corrected chi connectivity index (χ0v) is 11.0. The van der Waals surface area contributed by atoms with Crippen LogP contribution < -0.4 is 5.32 Å². The third-order valence-corrected chi connectivity index (χ3v) is 2.91. The summed E-state index contributed by atoms with van der Waals surface area (Å²) in [5.74, 6) is 0. The molecule has 0 radical (unpaired) electrons. The molecule has 0 saturated carbocycles. The quantitative estimate of drug-likeness (QED) is 0.605. The van der Waals surface area contributed by atoms with Crippen LogP contribution in [0.25, 0.3) is 5.57 Å². The maximum Gasteiger partial charge on any atom is 0.0147 e. The van der Waals surface area contributed by atoms with Crippen molar-refractivity contribution in [1.82, 2.24) is 5.32 Å². The van der Waals surface area contributed by atoms with E-state index in [1.54, 1.807) is 0 Å². The molecule has 2 rings (SSSR count). The Morgan fingerprint density at radius 1 is 0.842 bits per heavy atom. The summed E-state index contributed by atoms with van der Waals surface area (Å²) in [6.45, 7) is 5.38. The molecule has 1 nitrogen and oxygen atoms in total. The predicted molar refractivity (Wildman–Crippen MR) is 83.0 cm³/mol. The summed E-state index contributed by atoms with van der Waals surface area (Å²) < 4.78 is 0. The highest BCUT2D eigenvalue weighted by Gasteiger charge is 2.03. The van der Waals surface area contributed by atoms with Crippen molar-refractivity contribution in [2.45, 2.75) is 0 Å². The van der Waals surface area contributed by atoms with Crippen molar-refractivity contribution in [2.75, 3.05) is 13.1 Å². The molecule has 0 amide bonds. The predicted octanol–water partition coefficient (Wildman–Crippen LogP) is 3.89. The Labute approximate surface area is 115 Å². The molecule has 19 heavy (non-hydrogen) atoms. The fourth-order valence-electron chi connectivity index (χ4n) is 2.00. The molecule has 0 aliphatic carbocycles. The Morgan fingerprint density at radius 3 is 1.84 bits per heavy atom. The van der Waals surface area contributed by atoms with E-state index in [0.29, 0.717) is 0 Å². The monoisotopic (exact) mass is 249 g/mol. The van der Waals surface area contributed by atoms with Crippen LogP contribution in [0, 0.1) is 0 Å². The van der Waals surface area contributed by atoms with Crippen molar-refractivity contribution >= 4 is 5.57 Å². The van der Waals surface area contributed by atoms with E-state index in [1.807, 2.05) is 18.2 Å². The number of rotatable bonds is 6. The van der Waals surface area contributed by atoms with E-state index in [-0.39, 0.29) is 0 Å². The molecule has 0 fully saturated rings. The SMILES string of the molecule is C=CCNCC=C(c1ccccc1)c1ccccc1. The smallest absolute Gasteiger partial charge is 0.0147 e. The molecule has 0 bridgehead atoms. The Hall–Kier alpha value is -2.12. The van der Waals surface area contributed by atoms with Gasteiger partial charge in [0, 0.05) is 13.1 Å². The van der Waals surface area contributed by atoms with Gasteiger partial charge in [0.2, 0.25) is 0 Å². The van der Waals surface area contributed by atoms with Gasteiger partial charge >= 0.3 is 0 Å². The minimum absolute atomic E-state index is 0.827. The van der Waals surface area contributed by atoms with Crippen molar-refractivity contribution in [3.63, 3.8) is 0 Å². The molecule has 1 N–H and O–H groups in total. The Bertz CT molecular complexity index is 485. The molecule has 0 saturated heterocycles. The van der Waals surface area contributed by atoms with Gasteiger partial charge in [-0.15, -0.1) is 6.58 Å². The molecule has 0 aliphatic heterocycles. The van der Waals surface area contributed by atoms with Gasteiger partial charge in [-0.2, -0.15) is 0 Å². The van der Waals surface area contributed by atoms with Gasteiger partial charge in [-0.3, -0.25) is 0 Å². The summed E-state index contributed by atoms with van der Waals surface area (Å²) in [6, 6.07) is 21.0. The first-order chi connectivity index (χ1) is 9.42. The molecule has 0 atom stereocenters. The molecule has 1 heteroatoms. The number of benzene rings is 2. The molecule has 0 aromatic heterocycles. The molecular formula is C18H19N. The van der Waals surface area contributed by atoms with Crippen LogP contribution in [0.3, 0.4) is 0 Å². The molecule has 2 aromatic rings. The van der Waals surface area contributed by atoms with Crippen molar-refractivity contribution in [2.24, 2.45) is 0 Å². The zero-order valence-electron chi connectivity index (χ0n) is 11.0. The summed E-state index contributed by atoms with van der Waals surface area (Å²) in [4.78, 5) is 0. The topological polar surface area (TPSA) is 12.0 Å². The van der Waals surface area contributed by atoms with Gasteiger partial charge in [0.25, 0.3) is 0 Å². The van der Waals surface area contributed by atoms with Gasteiger partial charge in [0.15, 0.2) is 0 Å². The van der Waals surface area contributed by atoms with Gasteiger partial charge in [-0.05, 0) is 16.7 Å². The summed E-state index contributed by atoms with van der Waals surface area (Å²) >= 11 is 0. The van der Waals surface area contributed by atoms with E-state index in [0.717, 1.165) is 13.1 Å². The van der Waals surface area contributed by atoms with Gasteiger partial charge < -0.3 is 5.32 Å². The van der Waals surface area contributed by atoms with Gasteiger partial charge in [0.1, 0.15) is 0 Å². The largest absolute Gasteiger partial charge is 0.310 e. The normalized spacial score (nSPS) is 9.89. The van der Waals surface area contributed by atoms with Gasteiger partial charge in [0.05, 0.1) is 0 Å². The van der Waals surface area contributed by atoms with E-state index in [9.17, 15) is 0 Å². The third-order valence-electron chi connectivity index (χ3n) is 2.91. The molecule has 2 aromatic carbocycles.